The summed E-state index contributed by atoms with van der Waals surface area (Å²) in [5.74, 6) is -0.168. The minimum Gasteiger partial charge on any atom is -0.313 e. The van der Waals surface area contributed by atoms with E-state index in [1.807, 2.05) is 12.1 Å². The Morgan fingerprint density at radius 1 is 1.24 bits per heavy atom. The molecular formula is C14H23FN2. The van der Waals surface area contributed by atoms with Crippen LogP contribution in [-0.4, -0.2) is 30.6 Å². The lowest BCUT2D eigenvalue weighted by Gasteiger charge is -2.21. The van der Waals surface area contributed by atoms with Crippen LogP contribution < -0.4 is 5.32 Å². The van der Waals surface area contributed by atoms with Crippen LogP contribution in [0.4, 0.5) is 4.39 Å². The van der Waals surface area contributed by atoms with Crippen molar-refractivity contribution in [2.24, 2.45) is 0 Å². The van der Waals surface area contributed by atoms with Crippen molar-refractivity contribution in [3.63, 3.8) is 0 Å². The molecule has 0 heterocycles. The zero-order valence-electron chi connectivity index (χ0n) is 11.0. The maximum atomic E-state index is 12.8. The summed E-state index contributed by atoms with van der Waals surface area (Å²) in [7, 11) is 0. The van der Waals surface area contributed by atoms with Crippen LogP contribution in [0.3, 0.4) is 0 Å². The van der Waals surface area contributed by atoms with Gasteiger partial charge in [-0.25, -0.2) is 4.39 Å². The fourth-order valence-electron chi connectivity index (χ4n) is 1.71. The van der Waals surface area contributed by atoms with Crippen molar-refractivity contribution in [1.29, 1.82) is 0 Å². The average Bonchev–Trinajstić information content (AvgIpc) is 2.30. The molecule has 0 spiro atoms. The fourth-order valence-corrected chi connectivity index (χ4v) is 1.71. The Morgan fingerprint density at radius 3 is 2.41 bits per heavy atom. The molecule has 0 radical (unpaired) electrons. The Labute approximate surface area is 104 Å². The van der Waals surface area contributed by atoms with Gasteiger partial charge in [0.05, 0.1) is 0 Å². The van der Waals surface area contributed by atoms with Gasteiger partial charge in [-0.05, 0) is 24.2 Å². The van der Waals surface area contributed by atoms with Crippen molar-refractivity contribution in [3.05, 3.63) is 35.6 Å². The fraction of sp³-hybridized carbons (Fsp3) is 0.571. The molecule has 0 aliphatic heterocycles. The number of rotatable bonds is 7. The second-order valence-corrected chi connectivity index (χ2v) is 4.60. The molecule has 0 atom stereocenters. The summed E-state index contributed by atoms with van der Waals surface area (Å²) in [5, 5.41) is 3.40. The van der Waals surface area contributed by atoms with E-state index < -0.39 is 0 Å². The number of halogens is 1. The number of nitrogens with one attached hydrogen (secondary N) is 1. The van der Waals surface area contributed by atoms with Crippen LogP contribution in [0.2, 0.25) is 0 Å². The summed E-state index contributed by atoms with van der Waals surface area (Å²) in [6.45, 7) is 10.4. The minimum absolute atomic E-state index is 0.168. The molecule has 0 fully saturated rings. The van der Waals surface area contributed by atoms with Gasteiger partial charge in [-0.1, -0.05) is 32.9 Å². The van der Waals surface area contributed by atoms with Crippen molar-refractivity contribution in [3.8, 4) is 0 Å². The molecule has 0 aliphatic carbocycles. The van der Waals surface area contributed by atoms with Gasteiger partial charge in [-0.3, -0.25) is 4.90 Å². The molecule has 0 saturated heterocycles. The van der Waals surface area contributed by atoms with Crippen LogP contribution in [0.15, 0.2) is 24.3 Å². The van der Waals surface area contributed by atoms with Gasteiger partial charge in [0.2, 0.25) is 0 Å². The normalized spacial score (nSPS) is 11.4. The van der Waals surface area contributed by atoms with E-state index in [-0.39, 0.29) is 5.82 Å². The molecule has 1 rings (SSSR count). The van der Waals surface area contributed by atoms with Gasteiger partial charge in [-0.15, -0.1) is 0 Å². The summed E-state index contributed by atoms with van der Waals surface area (Å²) < 4.78 is 12.8. The highest BCUT2D eigenvalue weighted by molar-refractivity contribution is 5.15. The number of hydrogen-bond acceptors (Lipinski definition) is 2. The number of nitrogens with zero attached hydrogens (tertiary/aromatic N) is 1. The maximum Gasteiger partial charge on any atom is 0.123 e. The highest BCUT2D eigenvalue weighted by Crippen LogP contribution is 2.06. The van der Waals surface area contributed by atoms with Crippen molar-refractivity contribution < 1.29 is 4.39 Å². The molecule has 96 valence electrons. The lowest BCUT2D eigenvalue weighted by Crippen LogP contribution is -2.34. The highest BCUT2D eigenvalue weighted by atomic mass is 19.1. The minimum atomic E-state index is -0.168. The van der Waals surface area contributed by atoms with E-state index >= 15 is 0 Å². The molecule has 3 heteroatoms. The zero-order valence-corrected chi connectivity index (χ0v) is 11.0. The van der Waals surface area contributed by atoms with Crippen LogP contribution >= 0.6 is 0 Å². The van der Waals surface area contributed by atoms with Gasteiger partial charge in [0.25, 0.3) is 0 Å². The third-order valence-electron chi connectivity index (χ3n) is 2.75. The van der Waals surface area contributed by atoms with E-state index in [2.05, 4.69) is 31.0 Å². The van der Waals surface area contributed by atoms with E-state index in [4.69, 9.17) is 0 Å². The molecule has 2 nitrogen and oxygen atoms in total. The molecule has 0 bridgehead atoms. The smallest absolute Gasteiger partial charge is 0.123 e. The average molecular weight is 238 g/mol. The van der Waals surface area contributed by atoms with E-state index in [1.165, 1.54) is 12.1 Å². The van der Waals surface area contributed by atoms with E-state index in [1.54, 1.807) is 0 Å². The van der Waals surface area contributed by atoms with Gasteiger partial charge in [0.15, 0.2) is 0 Å². The van der Waals surface area contributed by atoms with Crippen molar-refractivity contribution >= 4 is 0 Å². The zero-order chi connectivity index (χ0) is 12.7. The first kappa shape index (κ1) is 14.1. The topological polar surface area (TPSA) is 15.3 Å². The summed E-state index contributed by atoms with van der Waals surface area (Å²) >= 11 is 0. The number of likely N-dealkylation sites (N-methyl/N-ethyl adjacent to an activating group) is 1. The quantitative estimate of drug-likeness (QED) is 0.785. The lowest BCUT2D eigenvalue weighted by molar-refractivity contribution is 0.276. The molecule has 1 aromatic rings. The number of benzene rings is 1. The predicted octanol–water partition coefficient (Wildman–Crippen LogP) is 2.65. The molecule has 0 amide bonds. The van der Waals surface area contributed by atoms with Crippen LogP contribution in [0.5, 0.6) is 0 Å². The van der Waals surface area contributed by atoms with E-state index in [0.717, 1.165) is 31.7 Å². The van der Waals surface area contributed by atoms with E-state index in [0.29, 0.717) is 6.04 Å². The predicted molar refractivity (Wildman–Crippen MR) is 70.5 cm³/mol. The molecule has 1 N–H and O–H groups in total. The second kappa shape index (κ2) is 7.41. The largest absolute Gasteiger partial charge is 0.313 e. The molecule has 1 aromatic carbocycles. The Kier molecular flexibility index (Phi) is 6.16. The SMILES string of the molecule is CCN(CCNC(C)C)Cc1ccc(F)cc1. The van der Waals surface area contributed by atoms with Gasteiger partial charge in [0, 0.05) is 25.7 Å². The van der Waals surface area contributed by atoms with Crippen LogP contribution in [-0.2, 0) is 6.54 Å². The monoisotopic (exact) mass is 238 g/mol. The summed E-state index contributed by atoms with van der Waals surface area (Å²) in [6.07, 6.45) is 0. The Morgan fingerprint density at radius 2 is 1.88 bits per heavy atom. The Hall–Kier alpha value is -0.930. The lowest BCUT2D eigenvalue weighted by atomic mass is 10.2. The van der Waals surface area contributed by atoms with E-state index in [9.17, 15) is 4.39 Å². The summed E-state index contributed by atoms with van der Waals surface area (Å²) in [5.41, 5.74) is 1.16. The first-order chi connectivity index (χ1) is 8.11. The second-order valence-electron chi connectivity index (χ2n) is 4.60. The van der Waals surface area contributed by atoms with Crippen LogP contribution in [0, 0.1) is 5.82 Å². The highest BCUT2D eigenvalue weighted by Gasteiger charge is 2.04. The molecule has 0 saturated carbocycles. The molecule has 17 heavy (non-hydrogen) atoms. The summed E-state index contributed by atoms with van der Waals surface area (Å²) in [6, 6.07) is 7.28. The van der Waals surface area contributed by atoms with Gasteiger partial charge in [0.1, 0.15) is 5.82 Å². The third kappa shape index (κ3) is 5.80. The first-order valence-corrected chi connectivity index (χ1v) is 6.32. The van der Waals surface area contributed by atoms with Gasteiger partial charge >= 0.3 is 0 Å². The van der Waals surface area contributed by atoms with Crippen molar-refractivity contribution in [2.75, 3.05) is 19.6 Å². The van der Waals surface area contributed by atoms with Gasteiger partial charge < -0.3 is 5.32 Å². The number of hydrogen-bond donors (Lipinski definition) is 1. The molecule has 0 aromatic heterocycles. The summed E-state index contributed by atoms with van der Waals surface area (Å²) in [4.78, 5) is 2.35. The first-order valence-electron chi connectivity index (χ1n) is 6.32. The van der Waals surface area contributed by atoms with Crippen LogP contribution in [0.25, 0.3) is 0 Å². The Balaban J connectivity index is 2.38. The molecular weight excluding hydrogens is 215 g/mol. The third-order valence-corrected chi connectivity index (χ3v) is 2.75. The van der Waals surface area contributed by atoms with Gasteiger partial charge in [-0.2, -0.15) is 0 Å². The molecule has 0 aliphatic rings. The van der Waals surface area contributed by atoms with Crippen molar-refractivity contribution in [2.45, 2.75) is 33.4 Å². The molecule has 0 unspecified atom stereocenters. The standard InChI is InChI=1S/C14H23FN2/c1-4-17(10-9-16-12(2)3)11-13-5-7-14(15)8-6-13/h5-8,12,16H,4,9-11H2,1-3H3. The van der Waals surface area contributed by atoms with Crippen molar-refractivity contribution in [1.82, 2.24) is 10.2 Å². The maximum absolute atomic E-state index is 12.8. The van der Waals surface area contributed by atoms with Crippen LogP contribution in [0.1, 0.15) is 26.3 Å². The Bertz CT molecular complexity index is 309.